The summed E-state index contributed by atoms with van der Waals surface area (Å²) in [5.41, 5.74) is -1.62. The van der Waals surface area contributed by atoms with E-state index in [1.807, 2.05) is 0 Å². The summed E-state index contributed by atoms with van der Waals surface area (Å²) < 4.78 is 11.9. The Bertz CT molecular complexity index is 1560. The van der Waals surface area contributed by atoms with E-state index in [9.17, 15) is 49.8 Å². The normalized spacial score (nSPS) is 27.4. The van der Waals surface area contributed by atoms with E-state index in [0.717, 1.165) is 0 Å². The number of Topliss-reactive ketones (excluding diaryl/α,β-unsaturated/α-hetero) is 1. The molecule has 0 aromatic heterocycles. The van der Waals surface area contributed by atoms with Gasteiger partial charge in [-0.05, 0) is 12.5 Å². The van der Waals surface area contributed by atoms with Crippen molar-refractivity contribution in [3.63, 3.8) is 0 Å². The van der Waals surface area contributed by atoms with Gasteiger partial charge in [0.25, 0.3) is 0 Å². The van der Waals surface area contributed by atoms with Crippen molar-refractivity contribution in [2.45, 2.75) is 69.0 Å². The van der Waals surface area contributed by atoms with Crippen LogP contribution in [0.3, 0.4) is 0 Å². The quantitative estimate of drug-likeness (QED) is 0.102. The Kier molecular flexibility index (Phi) is 9.08. The molecule has 0 radical (unpaired) electrons. The summed E-state index contributed by atoms with van der Waals surface area (Å²) in [4.78, 5) is 57.1. The molecule has 1 heterocycles. The summed E-state index contributed by atoms with van der Waals surface area (Å²) in [5.74, 6) is -4.72. The average molecular weight is 631 g/mol. The van der Waals surface area contributed by atoms with Crippen LogP contribution < -0.4 is 10.8 Å². The van der Waals surface area contributed by atoms with Crippen LogP contribution in [0.4, 0.5) is 0 Å². The minimum absolute atomic E-state index is 0.115. The number of benzene rings is 2. The number of rotatable bonds is 9. The molecule has 0 spiro atoms. The fourth-order valence-electron chi connectivity index (χ4n) is 6.32. The topological polar surface area (TPSA) is 241 Å². The van der Waals surface area contributed by atoms with Gasteiger partial charge in [0.1, 0.15) is 29.8 Å². The highest BCUT2D eigenvalue weighted by molar-refractivity contribution is 6.31. The van der Waals surface area contributed by atoms with E-state index in [4.69, 9.17) is 9.47 Å². The Labute approximate surface area is 256 Å². The molecule has 2 aromatic carbocycles. The zero-order chi connectivity index (χ0) is 32.8. The first kappa shape index (κ1) is 32.6. The monoisotopic (exact) mass is 630 g/mol. The Hall–Kier alpha value is -3.80. The number of carbonyl (C=O) groups excluding carboxylic acids is 4. The lowest BCUT2D eigenvalue weighted by Crippen LogP contribution is -2.56. The maximum absolute atomic E-state index is 13.8. The predicted octanol–water partition coefficient (Wildman–Crippen LogP) is -1.21. The number of hydrogen-bond acceptors (Lipinski definition) is 14. The molecule has 6 atom stereocenters. The molecule has 15 heteroatoms. The van der Waals surface area contributed by atoms with E-state index in [-0.39, 0.29) is 40.8 Å². The van der Waals surface area contributed by atoms with Crippen LogP contribution >= 0.6 is 0 Å². The highest BCUT2D eigenvalue weighted by atomic mass is 16.7. The lowest BCUT2D eigenvalue weighted by Gasteiger charge is -2.43. The van der Waals surface area contributed by atoms with Crippen LogP contribution in [0.1, 0.15) is 74.4 Å². The number of phenols is 2. The Balaban J connectivity index is 1.58. The summed E-state index contributed by atoms with van der Waals surface area (Å²) in [6.45, 7) is -0.358. The standard InChI is InChI=1S/C30H34N2O13/c1-12-25(37)16(32-19(36)9-31-43-2)6-20(44-12)45-17-8-30(42,18(35)11-34)7-15-22(17)29(41)24-23(27(15)39)26(38)14-5-3-4-13(10-33)21(14)28(24)40/h3-5,12,16-17,20,25,31,33-34,37,39,41-42H,6-11H2,1-2H3,(H,32,36)/t12?,16?,17-,20-,25+,30-/m0/s1. The second kappa shape index (κ2) is 12.5. The van der Waals surface area contributed by atoms with E-state index in [1.165, 1.54) is 32.2 Å². The molecule has 1 saturated heterocycles. The lowest BCUT2D eigenvalue weighted by molar-refractivity contribution is -0.249. The molecule has 1 aliphatic heterocycles. The van der Waals surface area contributed by atoms with Crippen molar-refractivity contribution in [1.82, 2.24) is 10.8 Å². The Morgan fingerprint density at radius 3 is 2.47 bits per heavy atom. The van der Waals surface area contributed by atoms with E-state index < -0.39 is 108 Å². The minimum Gasteiger partial charge on any atom is -0.507 e. The number of ketones is 3. The number of carbonyl (C=O) groups is 4. The zero-order valence-corrected chi connectivity index (χ0v) is 24.4. The third-order valence-electron chi connectivity index (χ3n) is 8.56. The number of hydroxylamine groups is 1. The summed E-state index contributed by atoms with van der Waals surface area (Å²) in [7, 11) is 1.32. The van der Waals surface area contributed by atoms with Gasteiger partial charge in [-0.15, -0.1) is 0 Å². The van der Waals surface area contributed by atoms with Gasteiger partial charge in [-0.2, -0.15) is 5.48 Å². The van der Waals surface area contributed by atoms with Crippen molar-refractivity contribution in [2.75, 3.05) is 20.3 Å². The predicted molar refractivity (Wildman–Crippen MR) is 150 cm³/mol. The van der Waals surface area contributed by atoms with Crippen molar-refractivity contribution in [2.24, 2.45) is 0 Å². The van der Waals surface area contributed by atoms with E-state index in [1.54, 1.807) is 0 Å². The van der Waals surface area contributed by atoms with Gasteiger partial charge in [0.2, 0.25) is 5.91 Å². The number of amides is 1. The summed E-state index contributed by atoms with van der Waals surface area (Å²) in [5, 5.41) is 67.2. The van der Waals surface area contributed by atoms with E-state index >= 15 is 0 Å². The van der Waals surface area contributed by atoms with Crippen LogP contribution in [-0.4, -0.2) is 104 Å². The number of phenolic OH excluding ortho intramolecular Hbond substituents is 2. The molecule has 1 amide bonds. The van der Waals surface area contributed by atoms with Crippen LogP contribution in [0.2, 0.25) is 0 Å². The van der Waals surface area contributed by atoms with Gasteiger partial charge in [0, 0.05) is 41.5 Å². The largest absolute Gasteiger partial charge is 0.507 e. The number of aromatic hydroxyl groups is 2. The van der Waals surface area contributed by atoms with Crippen molar-refractivity contribution >= 4 is 23.3 Å². The Morgan fingerprint density at radius 2 is 1.80 bits per heavy atom. The van der Waals surface area contributed by atoms with Gasteiger partial charge in [-0.3, -0.25) is 19.2 Å². The highest BCUT2D eigenvalue weighted by Crippen LogP contribution is 2.52. The van der Waals surface area contributed by atoms with Crippen LogP contribution in [0.25, 0.3) is 0 Å². The number of fused-ring (bicyclic) bond motifs is 3. The first-order valence-electron chi connectivity index (χ1n) is 14.2. The van der Waals surface area contributed by atoms with Gasteiger partial charge in [-0.25, -0.2) is 0 Å². The van der Waals surface area contributed by atoms with Crippen LogP contribution in [0, 0.1) is 0 Å². The molecule has 2 unspecified atom stereocenters. The molecule has 1 fully saturated rings. The third-order valence-corrected chi connectivity index (χ3v) is 8.56. The van der Waals surface area contributed by atoms with E-state index in [2.05, 4.69) is 15.6 Å². The molecule has 45 heavy (non-hydrogen) atoms. The van der Waals surface area contributed by atoms with Crippen molar-refractivity contribution in [1.29, 1.82) is 0 Å². The molecule has 8 N–H and O–H groups in total. The van der Waals surface area contributed by atoms with E-state index in [0.29, 0.717) is 0 Å². The van der Waals surface area contributed by atoms with Gasteiger partial charge >= 0.3 is 0 Å². The molecule has 3 aliphatic rings. The van der Waals surface area contributed by atoms with Gasteiger partial charge < -0.3 is 50.3 Å². The second-order valence-electron chi connectivity index (χ2n) is 11.3. The fraction of sp³-hybridized carbons (Fsp3) is 0.467. The number of aliphatic hydroxyl groups excluding tert-OH is 3. The summed E-state index contributed by atoms with van der Waals surface area (Å²) in [6, 6.07) is 3.34. The number of ether oxygens (including phenoxy) is 2. The summed E-state index contributed by atoms with van der Waals surface area (Å²) >= 11 is 0. The highest BCUT2D eigenvalue weighted by Gasteiger charge is 2.50. The molecule has 5 rings (SSSR count). The van der Waals surface area contributed by atoms with Gasteiger partial charge in [-0.1, -0.05) is 18.2 Å². The van der Waals surface area contributed by atoms with Gasteiger partial charge in [0.05, 0.1) is 49.6 Å². The molecule has 242 valence electrons. The molecule has 2 aliphatic carbocycles. The minimum atomic E-state index is -2.33. The number of nitrogens with one attached hydrogen (secondary N) is 2. The average Bonchev–Trinajstić information content (AvgIpc) is 3.01. The van der Waals surface area contributed by atoms with Crippen molar-refractivity contribution < 1.29 is 64.1 Å². The number of hydrogen-bond donors (Lipinski definition) is 8. The molecule has 15 nitrogen and oxygen atoms in total. The maximum Gasteiger partial charge on any atom is 0.236 e. The first-order chi connectivity index (χ1) is 21.4. The van der Waals surface area contributed by atoms with Crippen LogP contribution in [0.5, 0.6) is 11.5 Å². The van der Waals surface area contributed by atoms with Crippen molar-refractivity contribution in [3.8, 4) is 11.5 Å². The Morgan fingerprint density at radius 1 is 1.09 bits per heavy atom. The van der Waals surface area contributed by atoms with Crippen LogP contribution in [-0.2, 0) is 36.9 Å². The fourth-order valence-corrected chi connectivity index (χ4v) is 6.32. The van der Waals surface area contributed by atoms with Crippen molar-refractivity contribution in [3.05, 3.63) is 57.1 Å². The SMILES string of the molecule is CONCC(=O)NC1C[C@H](O[C@H]2C[C@](O)(C(=O)CO)Cc3c(O)c4c(c(O)c32)C(=O)c2c(CO)cccc2C4=O)OC(C)[C@H]1O. The van der Waals surface area contributed by atoms with Crippen LogP contribution in [0.15, 0.2) is 18.2 Å². The molecular formula is C30H34N2O13. The zero-order valence-electron chi connectivity index (χ0n) is 24.4. The molecule has 0 saturated carbocycles. The van der Waals surface area contributed by atoms with Gasteiger partial charge in [0.15, 0.2) is 23.6 Å². The lowest BCUT2D eigenvalue weighted by atomic mass is 9.71. The third kappa shape index (κ3) is 5.62. The second-order valence-corrected chi connectivity index (χ2v) is 11.3. The number of aliphatic hydroxyl groups is 4. The molecule has 2 aromatic rings. The first-order valence-corrected chi connectivity index (χ1v) is 14.2. The molecule has 0 bridgehead atoms. The molecular weight excluding hydrogens is 596 g/mol. The smallest absolute Gasteiger partial charge is 0.236 e. The summed E-state index contributed by atoms with van der Waals surface area (Å²) in [6.07, 6.45) is -6.04. The maximum atomic E-state index is 13.8.